The largest absolute Gasteiger partial charge is 0.358 e. The molecule has 0 aliphatic carbocycles. The molecular weight excluding hydrogens is 491 g/mol. The van der Waals surface area contributed by atoms with Gasteiger partial charge in [0.25, 0.3) is 10.0 Å². The number of hydrogen-bond donors (Lipinski definition) is 1. The summed E-state index contributed by atoms with van der Waals surface area (Å²) in [6.45, 7) is 7.13. The van der Waals surface area contributed by atoms with Crippen LogP contribution in [0, 0.1) is 13.8 Å². The van der Waals surface area contributed by atoms with E-state index >= 15 is 0 Å². The first-order chi connectivity index (χ1) is 16.1. The van der Waals surface area contributed by atoms with E-state index in [1.54, 1.807) is 36.4 Å². The Labute approximate surface area is 211 Å². The molecule has 3 aromatic rings. The van der Waals surface area contributed by atoms with Crippen molar-refractivity contribution in [3.8, 4) is 0 Å². The summed E-state index contributed by atoms with van der Waals surface area (Å²) in [6.07, 6.45) is 1.83. The van der Waals surface area contributed by atoms with Crippen LogP contribution in [0.15, 0.2) is 66.1 Å². The highest BCUT2D eigenvalue weighted by Crippen LogP contribution is 2.34. The van der Waals surface area contributed by atoms with Gasteiger partial charge < -0.3 is 5.32 Å². The lowest BCUT2D eigenvalue weighted by atomic mass is 10.0. The van der Waals surface area contributed by atoms with Crippen molar-refractivity contribution in [2.75, 3.05) is 17.9 Å². The van der Waals surface area contributed by atoms with Crippen LogP contribution >= 0.6 is 23.2 Å². The van der Waals surface area contributed by atoms with Gasteiger partial charge in [-0.3, -0.25) is 9.10 Å². The van der Waals surface area contributed by atoms with Crippen molar-refractivity contribution in [1.82, 2.24) is 5.32 Å². The maximum absolute atomic E-state index is 14.0. The normalized spacial score (nSPS) is 11.2. The summed E-state index contributed by atoms with van der Waals surface area (Å²) in [4.78, 5) is 12.5. The van der Waals surface area contributed by atoms with Gasteiger partial charge in [-0.2, -0.15) is 0 Å². The van der Waals surface area contributed by atoms with Crippen LogP contribution in [0.4, 0.5) is 5.69 Å². The first kappa shape index (κ1) is 25.8. The number of likely N-dealkylation sites (N-methyl/N-ethyl adjacent to an activating group) is 1. The van der Waals surface area contributed by atoms with E-state index in [2.05, 4.69) is 11.9 Å². The summed E-state index contributed by atoms with van der Waals surface area (Å²) in [5.74, 6) is -0.453. The summed E-state index contributed by atoms with van der Waals surface area (Å²) >= 11 is 12.7. The van der Waals surface area contributed by atoms with E-state index < -0.39 is 22.5 Å². The molecule has 0 atom stereocenters. The van der Waals surface area contributed by atoms with Gasteiger partial charge >= 0.3 is 0 Å². The minimum Gasteiger partial charge on any atom is -0.358 e. The summed E-state index contributed by atoms with van der Waals surface area (Å²) in [7, 11) is -2.69. The number of anilines is 1. The van der Waals surface area contributed by atoms with Crippen molar-refractivity contribution in [2.24, 2.45) is 0 Å². The summed E-state index contributed by atoms with van der Waals surface area (Å²) in [5.41, 5.74) is 4.00. The van der Waals surface area contributed by atoms with E-state index in [0.29, 0.717) is 33.3 Å². The summed E-state index contributed by atoms with van der Waals surface area (Å²) in [6, 6.07) is 15.6. The third kappa shape index (κ3) is 5.46. The number of sulfonamides is 1. The second kappa shape index (κ2) is 10.6. The molecule has 0 aliphatic rings. The summed E-state index contributed by atoms with van der Waals surface area (Å²) in [5, 5.41) is 3.51. The molecule has 0 aliphatic heterocycles. The number of benzene rings is 3. The molecule has 0 fully saturated rings. The Bertz CT molecular complexity index is 1350. The molecule has 34 heavy (non-hydrogen) atoms. The molecular formula is C26H26Cl2N2O3S. The second-order valence-corrected chi connectivity index (χ2v) is 10.6. The third-order valence-corrected chi connectivity index (χ3v) is 8.05. The molecule has 0 saturated carbocycles. The lowest BCUT2D eigenvalue weighted by Gasteiger charge is -2.27. The number of aryl methyl sites for hydroxylation is 2. The smallest absolute Gasteiger partial charge is 0.265 e. The van der Waals surface area contributed by atoms with Gasteiger partial charge in [-0.15, -0.1) is 0 Å². The zero-order valence-corrected chi connectivity index (χ0v) is 21.6. The molecule has 8 heteroatoms. The zero-order valence-electron chi connectivity index (χ0n) is 19.2. The van der Waals surface area contributed by atoms with Crippen molar-refractivity contribution < 1.29 is 13.2 Å². The van der Waals surface area contributed by atoms with Gasteiger partial charge in [0.05, 0.1) is 10.6 Å². The highest BCUT2D eigenvalue weighted by Gasteiger charge is 2.31. The van der Waals surface area contributed by atoms with Gasteiger partial charge in [-0.05, 0) is 72.0 Å². The molecule has 3 rings (SSSR count). The molecule has 0 heterocycles. The van der Waals surface area contributed by atoms with Crippen LogP contribution in [0.3, 0.4) is 0 Å². The van der Waals surface area contributed by atoms with Crippen LogP contribution in [0.1, 0.15) is 27.8 Å². The minimum atomic E-state index is -4.15. The van der Waals surface area contributed by atoms with E-state index in [9.17, 15) is 13.2 Å². The second-order valence-electron chi connectivity index (χ2n) is 7.90. The van der Waals surface area contributed by atoms with Crippen LogP contribution in [0.5, 0.6) is 0 Å². The number of nitrogens with one attached hydrogen (secondary N) is 1. The van der Waals surface area contributed by atoms with E-state index in [1.807, 2.05) is 32.0 Å². The number of hydrogen-bond acceptors (Lipinski definition) is 3. The number of rotatable bonds is 8. The molecule has 0 bridgehead atoms. The lowest BCUT2D eigenvalue weighted by Crippen LogP contribution is -2.40. The van der Waals surface area contributed by atoms with E-state index in [0.717, 1.165) is 21.0 Å². The zero-order chi connectivity index (χ0) is 25.0. The molecule has 0 unspecified atom stereocenters. The Kier molecular flexibility index (Phi) is 8.08. The van der Waals surface area contributed by atoms with Gasteiger partial charge in [0.1, 0.15) is 6.54 Å². The van der Waals surface area contributed by atoms with E-state index in [4.69, 9.17) is 23.2 Å². The maximum atomic E-state index is 14.0. The molecule has 5 nitrogen and oxygen atoms in total. The number of halogens is 2. The third-order valence-electron chi connectivity index (χ3n) is 5.63. The fourth-order valence-electron chi connectivity index (χ4n) is 3.61. The fourth-order valence-corrected chi connectivity index (χ4v) is 5.73. The molecule has 0 saturated heterocycles. The Morgan fingerprint density at radius 2 is 1.71 bits per heavy atom. The average molecular weight is 517 g/mol. The van der Waals surface area contributed by atoms with Crippen LogP contribution in [-0.4, -0.2) is 27.9 Å². The maximum Gasteiger partial charge on any atom is 0.265 e. The highest BCUT2D eigenvalue weighted by atomic mass is 35.5. The quantitative estimate of drug-likeness (QED) is 0.412. The van der Waals surface area contributed by atoms with Crippen molar-refractivity contribution in [3.05, 3.63) is 99.0 Å². The Balaban J connectivity index is 2.24. The van der Waals surface area contributed by atoms with E-state index in [1.165, 1.54) is 13.1 Å². The minimum absolute atomic E-state index is 0.0770. The SMILES string of the molecule is C=Cc1cc(C)c(C)cc1S(=O)(=O)N(CC(=O)NC)c1ccc(Cl)cc1Cc1ccccc1Cl. The number of amides is 1. The number of carbonyl (C=O) groups is 1. The number of carbonyl (C=O) groups excluding carboxylic acids is 1. The standard InChI is InChI=1S/C26H26Cl2N2O3S/c1-5-19-12-17(2)18(3)13-25(19)34(32,33)30(16-26(31)29-4)24-11-10-22(27)15-21(24)14-20-8-6-7-9-23(20)28/h5-13,15H,1,14,16H2,2-4H3,(H,29,31). The van der Waals surface area contributed by atoms with Gasteiger partial charge in [0.15, 0.2) is 0 Å². The monoisotopic (exact) mass is 516 g/mol. The molecule has 0 spiro atoms. The highest BCUT2D eigenvalue weighted by molar-refractivity contribution is 7.93. The van der Waals surface area contributed by atoms with Crippen LogP contribution in [0.25, 0.3) is 6.08 Å². The lowest BCUT2D eigenvalue weighted by molar-refractivity contribution is -0.119. The molecule has 0 aromatic heterocycles. The van der Waals surface area contributed by atoms with Crippen molar-refractivity contribution in [1.29, 1.82) is 0 Å². The molecule has 1 amide bonds. The van der Waals surface area contributed by atoms with Gasteiger partial charge in [-0.1, -0.05) is 60.1 Å². The topological polar surface area (TPSA) is 66.5 Å². The summed E-state index contributed by atoms with van der Waals surface area (Å²) < 4.78 is 29.2. The molecule has 0 radical (unpaired) electrons. The van der Waals surface area contributed by atoms with Crippen molar-refractivity contribution >= 4 is 50.9 Å². The van der Waals surface area contributed by atoms with Gasteiger partial charge in [-0.25, -0.2) is 8.42 Å². The first-order valence-corrected chi connectivity index (χ1v) is 12.8. The van der Waals surface area contributed by atoms with Crippen molar-refractivity contribution in [3.63, 3.8) is 0 Å². The van der Waals surface area contributed by atoms with Crippen molar-refractivity contribution in [2.45, 2.75) is 25.2 Å². The van der Waals surface area contributed by atoms with Gasteiger partial charge in [0.2, 0.25) is 5.91 Å². The Morgan fingerprint density at radius 1 is 1.03 bits per heavy atom. The van der Waals surface area contributed by atoms with Crippen LogP contribution in [-0.2, 0) is 21.2 Å². The van der Waals surface area contributed by atoms with E-state index in [-0.39, 0.29) is 4.90 Å². The Hall–Kier alpha value is -2.80. The predicted molar refractivity (Wildman–Crippen MR) is 140 cm³/mol. The first-order valence-electron chi connectivity index (χ1n) is 10.6. The molecule has 1 N–H and O–H groups in total. The van der Waals surface area contributed by atoms with Gasteiger partial charge in [0, 0.05) is 23.5 Å². The fraction of sp³-hybridized carbons (Fsp3) is 0.192. The van der Waals surface area contributed by atoms with Crippen LogP contribution in [0.2, 0.25) is 10.0 Å². The predicted octanol–water partition coefficient (Wildman–Crippen LogP) is 5.79. The molecule has 3 aromatic carbocycles. The Morgan fingerprint density at radius 3 is 2.35 bits per heavy atom. The van der Waals surface area contributed by atoms with Crippen LogP contribution < -0.4 is 9.62 Å². The average Bonchev–Trinajstić information content (AvgIpc) is 2.80. The molecule has 178 valence electrons. The number of nitrogens with zero attached hydrogens (tertiary/aromatic N) is 1.